The minimum Gasteiger partial charge on any atom is -0.508 e. The summed E-state index contributed by atoms with van der Waals surface area (Å²) < 4.78 is 0. The van der Waals surface area contributed by atoms with E-state index in [1.807, 2.05) is 26.0 Å². The third-order valence-electron chi connectivity index (χ3n) is 2.08. The van der Waals surface area contributed by atoms with E-state index in [1.165, 1.54) is 5.56 Å². The standard InChI is InChI=1S/C10H14O/c1-4-9-5-7(2)8(3)6-10(9)11/h5-6,11H,4H2,1-3H3. The molecule has 60 valence electrons. The van der Waals surface area contributed by atoms with Crippen LogP contribution in [0.4, 0.5) is 0 Å². The lowest BCUT2D eigenvalue weighted by atomic mass is 10.0. The van der Waals surface area contributed by atoms with Crippen molar-refractivity contribution < 1.29 is 5.11 Å². The van der Waals surface area contributed by atoms with Crippen LogP contribution < -0.4 is 0 Å². The maximum Gasteiger partial charge on any atom is 0.119 e. The maximum absolute atomic E-state index is 9.42. The molecule has 0 aliphatic heterocycles. The van der Waals surface area contributed by atoms with Crippen LogP contribution in [0, 0.1) is 13.8 Å². The molecule has 0 unspecified atom stereocenters. The van der Waals surface area contributed by atoms with Gasteiger partial charge in [-0.1, -0.05) is 13.0 Å². The highest BCUT2D eigenvalue weighted by Crippen LogP contribution is 2.21. The van der Waals surface area contributed by atoms with Crippen molar-refractivity contribution in [3.05, 3.63) is 28.8 Å². The summed E-state index contributed by atoms with van der Waals surface area (Å²) in [6.07, 6.45) is 0.896. The Morgan fingerprint density at radius 1 is 1.18 bits per heavy atom. The van der Waals surface area contributed by atoms with Crippen LogP contribution in [0.2, 0.25) is 0 Å². The summed E-state index contributed by atoms with van der Waals surface area (Å²) in [6.45, 7) is 6.12. The van der Waals surface area contributed by atoms with E-state index in [2.05, 4.69) is 6.92 Å². The number of hydrogen-bond donors (Lipinski definition) is 1. The van der Waals surface area contributed by atoms with Crippen molar-refractivity contribution in [3.8, 4) is 5.75 Å². The van der Waals surface area contributed by atoms with Crippen LogP contribution in [0.15, 0.2) is 12.1 Å². The Bertz CT molecular complexity index is 264. The predicted octanol–water partition coefficient (Wildman–Crippen LogP) is 2.57. The van der Waals surface area contributed by atoms with E-state index in [-0.39, 0.29) is 0 Å². The molecule has 0 radical (unpaired) electrons. The van der Waals surface area contributed by atoms with Crippen molar-refractivity contribution in [1.29, 1.82) is 0 Å². The molecule has 0 aliphatic rings. The summed E-state index contributed by atoms with van der Waals surface area (Å²) in [5, 5.41) is 9.42. The van der Waals surface area contributed by atoms with Gasteiger partial charge in [0.1, 0.15) is 5.75 Å². The first kappa shape index (κ1) is 8.12. The first-order valence-electron chi connectivity index (χ1n) is 3.94. The lowest BCUT2D eigenvalue weighted by Gasteiger charge is -2.05. The molecule has 0 spiro atoms. The van der Waals surface area contributed by atoms with Gasteiger partial charge in [0, 0.05) is 0 Å². The summed E-state index contributed by atoms with van der Waals surface area (Å²) in [4.78, 5) is 0. The smallest absolute Gasteiger partial charge is 0.119 e. The molecule has 0 fully saturated rings. The Balaban J connectivity index is 3.21. The molecule has 0 saturated carbocycles. The molecule has 1 heteroatoms. The number of phenols is 1. The summed E-state index contributed by atoms with van der Waals surface area (Å²) in [7, 11) is 0. The van der Waals surface area contributed by atoms with Crippen LogP contribution >= 0.6 is 0 Å². The van der Waals surface area contributed by atoms with Crippen LogP contribution in [0.5, 0.6) is 5.75 Å². The van der Waals surface area contributed by atoms with Crippen LogP contribution in [-0.4, -0.2) is 5.11 Å². The van der Waals surface area contributed by atoms with Gasteiger partial charge < -0.3 is 5.11 Å². The molecule has 0 aliphatic carbocycles. The molecule has 1 rings (SSSR count). The van der Waals surface area contributed by atoms with E-state index in [9.17, 15) is 5.11 Å². The molecule has 0 saturated heterocycles. The van der Waals surface area contributed by atoms with E-state index in [0.717, 1.165) is 17.5 Å². The van der Waals surface area contributed by atoms with E-state index in [1.54, 1.807) is 0 Å². The van der Waals surface area contributed by atoms with Crippen molar-refractivity contribution in [2.24, 2.45) is 0 Å². The van der Waals surface area contributed by atoms with Gasteiger partial charge in [0.25, 0.3) is 0 Å². The number of aryl methyl sites for hydroxylation is 3. The normalized spacial score (nSPS) is 10.1. The summed E-state index contributed by atoms with van der Waals surface area (Å²) in [5.41, 5.74) is 3.44. The molecular formula is C10H14O. The summed E-state index contributed by atoms with van der Waals surface area (Å²) in [5.74, 6) is 0.426. The summed E-state index contributed by atoms with van der Waals surface area (Å²) in [6, 6.07) is 3.87. The molecule has 1 aromatic carbocycles. The first-order chi connectivity index (χ1) is 5.15. The Kier molecular flexibility index (Phi) is 2.18. The molecule has 1 nitrogen and oxygen atoms in total. The fourth-order valence-corrected chi connectivity index (χ4v) is 1.14. The van der Waals surface area contributed by atoms with Gasteiger partial charge in [0.15, 0.2) is 0 Å². The largest absolute Gasteiger partial charge is 0.508 e. The van der Waals surface area contributed by atoms with Crippen molar-refractivity contribution in [1.82, 2.24) is 0 Å². The third kappa shape index (κ3) is 1.53. The second-order valence-electron chi connectivity index (χ2n) is 2.92. The van der Waals surface area contributed by atoms with Gasteiger partial charge in [0.05, 0.1) is 0 Å². The fraction of sp³-hybridized carbons (Fsp3) is 0.400. The summed E-state index contributed by atoms with van der Waals surface area (Å²) >= 11 is 0. The Hall–Kier alpha value is -0.980. The van der Waals surface area contributed by atoms with E-state index in [0.29, 0.717) is 5.75 Å². The zero-order chi connectivity index (χ0) is 8.43. The second kappa shape index (κ2) is 2.95. The van der Waals surface area contributed by atoms with Crippen molar-refractivity contribution >= 4 is 0 Å². The van der Waals surface area contributed by atoms with Gasteiger partial charge in [0.2, 0.25) is 0 Å². The van der Waals surface area contributed by atoms with Gasteiger partial charge in [-0.3, -0.25) is 0 Å². The molecule has 0 amide bonds. The van der Waals surface area contributed by atoms with E-state index in [4.69, 9.17) is 0 Å². The SMILES string of the molecule is CCc1cc(C)c(C)cc1O. The molecule has 0 atom stereocenters. The van der Waals surface area contributed by atoms with Crippen molar-refractivity contribution in [2.45, 2.75) is 27.2 Å². The van der Waals surface area contributed by atoms with Gasteiger partial charge >= 0.3 is 0 Å². The quantitative estimate of drug-likeness (QED) is 0.652. The lowest BCUT2D eigenvalue weighted by molar-refractivity contribution is 0.468. The van der Waals surface area contributed by atoms with Crippen LogP contribution in [0.3, 0.4) is 0 Å². The monoisotopic (exact) mass is 150 g/mol. The van der Waals surface area contributed by atoms with Gasteiger partial charge in [-0.2, -0.15) is 0 Å². The van der Waals surface area contributed by atoms with E-state index >= 15 is 0 Å². The number of aromatic hydroxyl groups is 1. The second-order valence-corrected chi connectivity index (χ2v) is 2.92. The van der Waals surface area contributed by atoms with Crippen LogP contribution in [0.1, 0.15) is 23.6 Å². The maximum atomic E-state index is 9.42. The number of benzene rings is 1. The molecular weight excluding hydrogens is 136 g/mol. The topological polar surface area (TPSA) is 20.2 Å². The zero-order valence-electron chi connectivity index (χ0n) is 7.31. The Morgan fingerprint density at radius 2 is 1.73 bits per heavy atom. The van der Waals surface area contributed by atoms with E-state index < -0.39 is 0 Å². The molecule has 0 aromatic heterocycles. The van der Waals surface area contributed by atoms with Gasteiger partial charge in [-0.15, -0.1) is 0 Å². The predicted molar refractivity (Wildman–Crippen MR) is 47.0 cm³/mol. The average Bonchev–Trinajstić information content (AvgIpc) is 1.97. The molecule has 1 aromatic rings. The number of phenolic OH excluding ortho intramolecular Hbond substituents is 1. The number of hydrogen-bond acceptors (Lipinski definition) is 1. The Labute approximate surface area is 67.7 Å². The van der Waals surface area contributed by atoms with Crippen LogP contribution in [-0.2, 0) is 6.42 Å². The third-order valence-corrected chi connectivity index (χ3v) is 2.08. The van der Waals surface area contributed by atoms with Crippen molar-refractivity contribution in [3.63, 3.8) is 0 Å². The molecule has 1 N–H and O–H groups in total. The fourth-order valence-electron chi connectivity index (χ4n) is 1.14. The van der Waals surface area contributed by atoms with Gasteiger partial charge in [-0.25, -0.2) is 0 Å². The molecule has 11 heavy (non-hydrogen) atoms. The highest BCUT2D eigenvalue weighted by atomic mass is 16.3. The van der Waals surface area contributed by atoms with Crippen LogP contribution in [0.25, 0.3) is 0 Å². The van der Waals surface area contributed by atoms with Crippen molar-refractivity contribution in [2.75, 3.05) is 0 Å². The lowest BCUT2D eigenvalue weighted by Crippen LogP contribution is -1.86. The zero-order valence-corrected chi connectivity index (χ0v) is 7.31. The minimum absolute atomic E-state index is 0.426. The molecule has 0 bridgehead atoms. The average molecular weight is 150 g/mol. The van der Waals surface area contributed by atoms with Gasteiger partial charge in [-0.05, 0) is 43.0 Å². The minimum atomic E-state index is 0.426. The first-order valence-corrected chi connectivity index (χ1v) is 3.94. The highest BCUT2D eigenvalue weighted by Gasteiger charge is 2.00. The molecule has 0 heterocycles. The highest BCUT2D eigenvalue weighted by molar-refractivity contribution is 5.40. The number of rotatable bonds is 1. The Morgan fingerprint density at radius 3 is 2.27 bits per heavy atom.